The van der Waals surface area contributed by atoms with Crippen molar-refractivity contribution in [1.29, 1.82) is 0 Å². The minimum atomic E-state index is -0.344. The first-order valence-electron chi connectivity index (χ1n) is 5.05. The summed E-state index contributed by atoms with van der Waals surface area (Å²) in [6.07, 6.45) is 0. The van der Waals surface area contributed by atoms with E-state index >= 15 is 0 Å². The second-order valence-electron chi connectivity index (χ2n) is 3.64. The fraction of sp³-hybridized carbons (Fsp3) is 0.0769. The molecule has 0 bridgehead atoms. The molecule has 2 aromatic rings. The molecule has 3 heteroatoms. The Kier molecular flexibility index (Phi) is 2.77. The third-order valence-electron chi connectivity index (χ3n) is 2.45. The molecule has 0 heterocycles. The fourth-order valence-electron chi connectivity index (χ4n) is 1.52. The van der Waals surface area contributed by atoms with Crippen LogP contribution < -0.4 is 11.1 Å². The Hall–Kier alpha value is -2.03. The van der Waals surface area contributed by atoms with Gasteiger partial charge >= 0.3 is 0 Å². The largest absolute Gasteiger partial charge is 0.397 e. The molecule has 0 aliphatic carbocycles. The lowest BCUT2D eigenvalue weighted by atomic mass is 10.2. The molecule has 0 atom stereocenters. The lowest BCUT2D eigenvalue weighted by molar-refractivity contribution is 0.632. The Morgan fingerprint density at radius 2 is 1.81 bits per heavy atom. The van der Waals surface area contributed by atoms with Crippen LogP contribution in [-0.2, 0) is 0 Å². The monoisotopic (exact) mass is 216 g/mol. The number of aryl methyl sites for hydroxylation is 1. The smallest absolute Gasteiger partial charge is 0.148 e. The molecule has 0 spiro atoms. The summed E-state index contributed by atoms with van der Waals surface area (Å²) in [5, 5.41) is 3.01. The number of halogens is 1. The summed E-state index contributed by atoms with van der Waals surface area (Å²) in [5.41, 5.74) is 8.36. The van der Waals surface area contributed by atoms with E-state index in [4.69, 9.17) is 5.73 Å². The van der Waals surface area contributed by atoms with Crippen molar-refractivity contribution in [3.8, 4) is 0 Å². The standard InChI is InChI=1S/C13H13FN2/c1-9-5-2-3-8-12(9)16-13-10(14)6-4-7-11(13)15/h2-8,16H,15H2,1H3. The van der Waals surface area contributed by atoms with Crippen LogP contribution in [0, 0.1) is 12.7 Å². The maximum Gasteiger partial charge on any atom is 0.148 e. The van der Waals surface area contributed by atoms with E-state index in [0.29, 0.717) is 11.4 Å². The normalized spacial score (nSPS) is 10.1. The van der Waals surface area contributed by atoms with Gasteiger partial charge in [-0.15, -0.1) is 0 Å². The van der Waals surface area contributed by atoms with Crippen LogP contribution in [0.4, 0.5) is 21.5 Å². The summed E-state index contributed by atoms with van der Waals surface area (Å²) in [5.74, 6) is -0.344. The zero-order chi connectivity index (χ0) is 11.5. The van der Waals surface area contributed by atoms with Gasteiger partial charge < -0.3 is 11.1 Å². The van der Waals surface area contributed by atoms with E-state index in [0.717, 1.165) is 11.3 Å². The van der Waals surface area contributed by atoms with Crippen LogP contribution in [0.2, 0.25) is 0 Å². The Balaban J connectivity index is 2.38. The Morgan fingerprint density at radius 3 is 2.50 bits per heavy atom. The predicted molar refractivity (Wildman–Crippen MR) is 65.3 cm³/mol. The number of rotatable bonds is 2. The van der Waals surface area contributed by atoms with E-state index in [-0.39, 0.29) is 5.82 Å². The first-order valence-corrected chi connectivity index (χ1v) is 5.05. The van der Waals surface area contributed by atoms with Crippen molar-refractivity contribution < 1.29 is 4.39 Å². The van der Waals surface area contributed by atoms with E-state index in [1.165, 1.54) is 6.07 Å². The maximum atomic E-state index is 13.5. The van der Waals surface area contributed by atoms with Gasteiger partial charge in [0, 0.05) is 5.69 Å². The number of benzene rings is 2. The highest BCUT2D eigenvalue weighted by molar-refractivity contribution is 5.74. The highest BCUT2D eigenvalue weighted by atomic mass is 19.1. The second-order valence-corrected chi connectivity index (χ2v) is 3.64. The summed E-state index contributed by atoms with van der Waals surface area (Å²) in [6, 6.07) is 12.3. The van der Waals surface area contributed by atoms with Crippen molar-refractivity contribution in [2.45, 2.75) is 6.92 Å². The van der Waals surface area contributed by atoms with Gasteiger partial charge in [-0.05, 0) is 30.7 Å². The van der Waals surface area contributed by atoms with Crippen LogP contribution in [0.15, 0.2) is 42.5 Å². The number of nitrogen functional groups attached to an aromatic ring is 1. The molecule has 0 aromatic heterocycles. The molecule has 0 saturated carbocycles. The minimum absolute atomic E-state index is 0.330. The number of nitrogens with two attached hydrogens (primary N) is 1. The topological polar surface area (TPSA) is 38.0 Å². The maximum absolute atomic E-state index is 13.5. The first kappa shape index (κ1) is 10.5. The zero-order valence-corrected chi connectivity index (χ0v) is 9.00. The van der Waals surface area contributed by atoms with Crippen molar-refractivity contribution >= 4 is 17.1 Å². The Morgan fingerprint density at radius 1 is 1.06 bits per heavy atom. The second kappa shape index (κ2) is 4.23. The van der Waals surface area contributed by atoms with Gasteiger partial charge in [0.2, 0.25) is 0 Å². The van der Waals surface area contributed by atoms with Gasteiger partial charge in [-0.25, -0.2) is 4.39 Å². The summed E-state index contributed by atoms with van der Waals surface area (Å²) in [4.78, 5) is 0. The molecule has 0 saturated heterocycles. The summed E-state index contributed by atoms with van der Waals surface area (Å²) in [7, 11) is 0. The van der Waals surface area contributed by atoms with Crippen LogP contribution in [-0.4, -0.2) is 0 Å². The average Bonchev–Trinajstić information content (AvgIpc) is 2.26. The number of hydrogen-bond acceptors (Lipinski definition) is 2. The van der Waals surface area contributed by atoms with Crippen LogP contribution in [0.1, 0.15) is 5.56 Å². The molecule has 16 heavy (non-hydrogen) atoms. The highest BCUT2D eigenvalue weighted by Gasteiger charge is 2.06. The molecule has 2 aromatic carbocycles. The van der Waals surface area contributed by atoms with Crippen LogP contribution >= 0.6 is 0 Å². The predicted octanol–water partition coefficient (Wildman–Crippen LogP) is 3.46. The van der Waals surface area contributed by atoms with Crippen molar-refractivity contribution in [1.82, 2.24) is 0 Å². The van der Waals surface area contributed by atoms with Crippen molar-refractivity contribution in [3.63, 3.8) is 0 Å². The summed E-state index contributed by atoms with van der Waals surface area (Å²) >= 11 is 0. The van der Waals surface area contributed by atoms with Crippen molar-refractivity contribution in [3.05, 3.63) is 53.8 Å². The third kappa shape index (κ3) is 1.98. The fourth-order valence-corrected chi connectivity index (χ4v) is 1.52. The van der Waals surface area contributed by atoms with E-state index in [1.807, 2.05) is 31.2 Å². The number of para-hydroxylation sites is 2. The van der Waals surface area contributed by atoms with Gasteiger partial charge in [-0.2, -0.15) is 0 Å². The SMILES string of the molecule is Cc1ccccc1Nc1c(N)cccc1F. The molecule has 0 aliphatic rings. The number of hydrogen-bond donors (Lipinski definition) is 2. The van der Waals surface area contributed by atoms with E-state index < -0.39 is 0 Å². The quantitative estimate of drug-likeness (QED) is 0.754. The van der Waals surface area contributed by atoms with Gasteiger partial charge in [-0.3, -0.25) is 0 Å². The molecule has 2 rings (SSSR count). The summed E-state index contributed by atoms with van der Waals surface area (Å²) in [6.45, 7) is 1.96. The summed E-state index contributed by atoms with van der Waals surface area (Å²) < 4.78 is 13.5. The van der Waals surface area contributed by atoms with Crippen LogP contribution in [0.25, 0.3) is 0 Å². The van der Waals surface area contributed by atoms with Crippen molar-refractivity contribution in [2.24, 2.45) is 0 Å². The van der Waals surface area contributed by atoms with Gasteiger partial charge in [0.05, 0.1) is 11.4 Å². The highest BCUT2D eigenvalue weighted by Crippen LogP contribution is 2.27. The van der Waals surface area contributed by atoms with Crippen molar-refractivity contribution in [2.75, 3.05) is 11.1 Å². The van der Waals surface area contributed by atoms with Gasteiger partial charge in [0.15, 0.2) is 0 Å². The zero-order valence-electron chi connectivity index (χ0n) is 9.00. The molecular weight excluding hydrogens is 203 g/mol. The average molecular weight is 216 g/mol. The van der Waals surface area contributed by atoms with Crippen LogP contribution in [0.3, 0.4) is 0 Å². The Bertz CT molecular complexity index is 489. The molecule has 82 valence electrons. The molecular formula is C13H13FN2. The van der Waals surface area contributed by atoms with Gasteiger partial charge in [0.1, 0.15) is 5.82 Å². The minimum Gasteiger partial charge on any atom is -0.397 e. The lowest BCUT2D eigenvalue weighted by Crippen LogP contribution is -2.00. The number of nitrogens with one attached hydrogen (secondary N) is 1. The van der Waals surface area contributed by atoms with E-state index in [2.05, 4.69) is 5.32 Å². The molecule has 0 aliphatic heterocycles. The molecule has 0 unspecified atom stereocenters. The molecule has 3 N–H and O–H groups in total. The molecule has 0 fully saturated rings. The van der Waals surface area contributed by atoms with E-state index in [1.54, 1.807) is 12.1 Å². The van der Waals surface area contributed by atoms with Gasteiger partial charge in [0.25, 0.3) is 0 Å². The molecule has 2 nitrogen and oxygen atoms in total. The lowest BCUT2D eigenvalue weighted by Gasteiger charge is -2.12. The molecule has 0 radical (unpaired) electrons. The van der Waals surface area contributed by atoms with E-state index in [9.17, 15) is 4.39 Å². The third-order valence-corrected chi connectivity index (χ3v) is 2.45. The first-order chi connectivity index (χ1) is 7.68. The Labute approximate surface area is 93.9 Å². The van der Waals surface area contributed by atoms with Gasteiger partial charge in [-0.1, -0.05) is 24.3 Å². The molecule has 0 amide bonds. The number of anilines is 3. The van der Waals surface area contributed by atoms with Crippen LogP contribution in [0.5, 0.6) is 0 Å².